The summed E-state index contributed by atoms with van der Waals surface area (Å²) in [5.41, 5.74) is 9.87. The van der Waals surface area contributed by atoms with Crippen molar-refractivity contribution in [2.24, 2.45) is 0 Å². The molecule has 4 aromatic rings. The molecule has 0 aliphatic rings. The Hall–Kier alpha value is -2.88. The molecule has 0 aliphatic heterocycles. The van der Waals surface area contributed by atoms with Crippen LogP contribution in [-0.4, -0.2) is 14.8 Å². The normalized spacial score (nSPS) is 11.3. The van der Waals surface area contributed by atoms with E-state index in [0.29, 0.717) is 0 Å². The van der Waals surface area contributed by atoms with Crippen LogP contribution in [-0.2, 0) is 0 Å². The Bertz CT molecular complexity index is 969. The highest BCUT2D eigenvalue weighted by atomic mass is 15.3. The summed E-state index contributed by atoms with van der Waals surface area (Å²) in [7, 11) is 0. The first-order valence-electron chi connectivity index (χ1n) is 6.82. The summed E-state index contributed by atoms with van der Waals surface area (Å²) < 4.78 is 1.95. The van der Waals surface area contributed by atoms with Crippen LogP contribution < -0.4 is 5.73 Å². The molecule has 0 saturated heterocycles. The Kier molecular flexibility index (Phi) is 2.44. The van der Waals surface area contributed by atoms with Crippen LogP contribution in [0.2, 0.25) is 0 Å². The van der Waals surface area contributed by atoms with Crippen LogP contribution in [0.1, 0.15) is 5.69 Å². The van der Waals surface area contributed by atoms with E-state index in [2.05, 4.69) is 28.3 Å². The number of hydrogen-bond donors (Lipinski definition) is 1. The van der Waals surface area contributed by atoms with Crippen molar-refractivity contribution in [2.45, 2.75) is 6.92 Å². The lowest BCUT2D eigenvalue weighted by atomic mass is 10.1. The molecule has 4 rings (SSSR count). The molecule has 0 saturated carbocycles. The van der Waals surface area contributed by atoms with Gasteiger partial charge in [-0.2, -0.15) is 5.10 Å². The van der Waals surface area contributed by atoms with Crippen LogP contribution in [0.4, 0.5) is 5.69 Å². The molecule has 0 fully saturated rings. The molecule has 0 unspecified atom stereocenters. The first-order chi connectivity index (χ1) is 10.2. The molecule has 0 bridgehead atoms. The van der Waals surface area contributed by atoms with Crippen LogP contribution in [0, 0.1) is 6.92 Å². The molecule has 4 nitrogen and oxygen atoms in total. The van der Waals surface area contributed by atoms with Crippen molar-refractivity contribution in [1.29, 1.82) is 0 Å². The van der Waals surface area contributed by atoms with E-state index in [1.165, 1.54) is 0 Å². The summed E-state index contributed by atoms with van der Waals surface area (Å²) in [6.07, 6.45) is 3.71. The van der Waals surface area contributed by atoms with Gasteiger partial charge in [0, 0.05) is 33.7 Å². The van der Waals surface area contributed by atoms with Crippen molar-refractivity contribution in [3.8, 4) is 5.69 Å². The number of pyridine rings is 1. The number of para-hydroxylation sites is 1. The van der Waals surface area contributed by atoms with Crippen LogP contribution in [0.25, 0.3) is 27.4 Å². The number of nitrogen functional groups attached to an aromatic ring is 1. The molecule has 0 radical (unpaired) electrons. The molecule has 4 heteroatoms. The zero-order chi connectivity index (χ0) is 14.4. The molecule has 2 heterocycles. The van der Waals surface area contributed by atoms with E-state index in [0.717, 1.165) is 38.7 Å². The molecule has 21 heavy (non-hydrogen) atoms. The Labute approximate surface area is 121 Å². The third kappa shape index (κ3) is 1.76. The first-order valence-corrected chi connectivity index (χ1v) is 6.82. The fourth-order valence-electron chi connectivity index (χ4n) is 2.70. The van der Waals surface area contributed by atoms with Crippen molar-refractivity contribution in [2.75, 3.05) is 5.73 Å². The minimum absolute atomic E-state index is 0.734. The van der Waals surface area contributed by atoms with Gasteiger partial charge in [-0.15, -0.1) is 0 Å². The highest BCUT2D eigenvalue weighted by Crippen LogP contribution is 2.29. The van der Waals surface area contributed by atoms with E-state index in [4.69, 9.17) is 5.73 Å². The van der Waals surface area contributed by atoms with E-state index in [9.17, 15) is 0 Å². The molecule has 0 aliphatic carbocycles. The summed E-state index contributed by atoms with van der Waals surface area (Å²) in [6, 6.07) is 14.1. The lowest BCUT2D eigenvalue weighted by Gasteiger charge is -2.10. The fourth-order valence-corrected chi connectivity index (χ4v) is 2.70. The maximum absolute atomic E-state index is 6.07. The summed E-state index contributed by atoms with van der Waals surface area (Å²) in [5, 5.41) is 7.67. The predicted molar refractivity (Wildman–Crippen MR) is 85.5 cm³/mol. The Morgan fingerprint density at radius 3 is 2.76 bits per heavy atom. The average Bonchev–Trinajstić information content (AvgIpc) is 2.91. The third-order valence-electron chi connectivity index (χ3n) is 3.75. The SMILES string of the molecule is Cc1cc2c(-n3ncc4ccccc43)ccc(N)c2cn1. The number of rotatable bonds is 1. The molecule has 2 aromatic carbocycles. The number of benzene rings is 2. The molecule has 2 aromatic heterocycles. The minimum atomic E-state index is 0.734. The van der Waals surface area contributed by atoms with Gasteiger partial charge in [0.2, 0.25) is 0 Å². The molecular formula is C17H14N4. The van der Waals surface area contributed by atoms with Crippen molar-refractivity contribution < 1.29 is 0 Å². The molecule has 0 atom stereocenters. The zero-order valence-electron chi connectivity index (χ0n) is 11.6. The summed E-state index contributed by atoms with van der Waals surface area (Å²) in [5.74, 6) is 0. The van der Waals surface area contributed by atoms with Crippen LogP contribution >= 0.6 is 0 Å². The number of hydrogen-bond acceptors (Lipinski definition) is 3. The first kappa shape index (κ1) is 11.9. The van der Waals surface area contributed by atoms with E-state index >= 15 is 0 Å². The predicted octanol–water partition coefficient (Wildman–Crippen LogP) is 3.46. The Balaban J connectivity index is 2.11. The lowest BCUT2D eigenvalue weighted by molar-refractivity contribution is 0.918. The topological polar surface area (TPSA) is 56.7 Å². The quantitative estimate of drug-likeness (QED) is 0.541. The van der Waals surface area contributed by atoms with Gasteiger partial charge in [0.05, 0.1) is 17.4 Å². The Morgan fingerprint density at radius 1 is 1.00 bits per heavy atom. The molecule has 0 spiro atoms. The second-order valence-corrected chi connectivity index (χ2v) is 5.16. The van der Waals surface area contributed by atoms with Crippen LogP contribution in [0.5, 0.6) is 0 Å². The highest BCUT2D eigenvalue weighted by Gasteiger charge is 2.10. The summed E-state index contributed by atoms with van der Waals surface area (Å²) >= 11 is 0. The smallest absolute Gasteiger partial charge is 0.0741 e. The highest BCUT2D eigenvalue weighted by molar-refractivity contribution is 5.99. The second-order valence-electron chi connectivity index (χ2n) is 5.16. The average molecular weight is 274 g/mol. The van der Waals surface area contributed by atoms with Gasteiger partial charge in [-0.3, -0.25) is 4.98 Å². The van der Waals surface area contributed by atoms with E-state index < -0.39 is 0 Å². The number of fused-ring (bicyclic) bond motifs is 2. The van der Waals surface area contributed by atoms with Crippen LogP contribution in [0.15, 0.2) is 54.9 Å². The van der Waals surface area contributed by atoms with Gasteiger partial charge in [0.25, 0.3) is 0 Å². The van der Waals surface area contributed by atoms with E-state index in [1.807, 2.05) is 48.3 Å². The van der Waals surface area contributed by atoms with E-state index in [1.54, 1.807) is 0 Å². The number of nitrogens with two attached hydrogens (primary N) is 1. The van der Waals surface area contributed by atoms with Gasteiger partial charge in [-0.25, -0.2) is 4.68 Å². The van der Waals surface area contributed by atoms with Gasteiger partial charge in [0.1, 0.15) is 0 Å². The maximum Gasteiger partial charge on any atom is 0.0741 e. The van der Waals surface area contributed by atoms with Crippen molar-refractivity contribution >= 4 is 27.4 Å². The number of nitrogens with zero attached hydrogens (tertiary/aromatic N) is 3. The maximum atomic E-state index is 6.07. The molecular weight excluding hydrogens is 260 g/mol. The summed E-state index contributed by atoms with van der Waals surface area (Å²) in [4.78, 5) is 4.34. The fraction of sp³-hybridized carbons (Fsp3) is 0.0588. The van der Waals surface area contributed by atoms with Gasteiger partial charge < -0.3 is 5.73 Å². The largest absolute Gasteiger partial charge is 0.398 e. The van der Waals surface area contributed by atoms with E-state index in [-0.39, 0.29) is 0 Å². The van der Waals surface area contributed by atoms with Crippen molar-refractivity contribution in [3.63, 3.8) is 0 Å². The van der Waals surface area contributed by atoms with Gasteiger partial charge in [-0.1, -0.05) is 18.2 Å². The van der Waals surface area contributed by atoms with Gasteiger partial charge in [-0.05, 0) is 31.2 Å². The standard InChI is InChI=1S/C17H14N4/c1-11-8-13-14(10-19-11)15(18)6-7-17(13)21-16-5-3-2-4-12(16)9-20-21/h2-10H,18H2,1H3. The number of anilines is 1. The van der Waals surface area contributed by atoms with Gasteiger partial charge >= 0.3 is 0 Å². The zero-order valence-corrected chi connectivity index (χ0v) is 11.6. The number of aromatic nitrogens is 3. The second kappa shape index (κ2) is 4.31. The van der Waals surface area contributed by atoms with Crippen LogP contribution in [0.3, 0.4) is 0 Å². The lowest BCUT2D eigenvalue weighted by Crippen LogP contribution is -1.99. The van der Waals surface area contributed by atoms with Crippen molar-refractivity contribution in [3.05, 3.63) is 60.6 Å². The molecule has 0 amide bonds. The third-order valence-corrected chi connectivity index (χ3v) is 3.75. The summed E-state index contributed by atoms with van der Waals surface area (Å²) in [6.45, 7) is 1.98. The molecule has 2 N–H and O–H groups in total. The Morgan fingerprint density at radius 2 is 1.86 bits per heavy atom. The number of aryl methyl sites for hydroxylation is 1. The monoisotopic (exact) mass is 274 g/mol. The minimum Gasteiger partial charge on any atom is -0.398 e. The molecule has 102 valence electrons. The van der Waals surface area contributed by atoms with Crippen molar-refractivity contribution in [1.82, 2.24) is 14.8 Å². The van der Waals surface area contributed by atoms with Gasteiger partial charge in [0.15, 0.2) is 0 Å².